The van der Waals surface area contributed by atoms with Gasteiger partial charge in [0.2, 0.25) is 0 Å². The second kappa shape index (κ2) is 8.71. The standard InChI is InChI=1S/C24H21N5O4S/c1-13-15-4-5-18(17(15)3-2-16(13)24(32)33)28-23(31)20-10-19(27-21-6-8-26-29(20)21)22(30)25-11-14-7-9-34-12-14/h2-3,6-10,12,18H,4-5,11H2,1H3,(H,25,30)(H,28,31)(H,32,33)/t18-/m0/s1. The highest BCUT2D eigenvalue weighted by Crippen LogP contribution is 2.34. The number of hydrogen-bond donors (Lipinski definition) is 3. The highest BCUT2D eigenvalue weighted by Gasteiger charge is 2.28. The summed E-state index contributed by atoms with van der Waals surface area (Å²) in [6.07, 6.45) is 2.86. The number of amides is 2. The van der Waals surface area contributed by atoms with Crippen LogP contribution in [0.15, 0.2) is 47.3 Å². The van der Waals surface area contributed by atoms with Crippen LogP contribution in [0.2, 0.25) is 0 Å². The third-order valence-electron chi connectivity index (χ3n) is 6.09. The van der Waals surface area contributed by atoms with Crippen LogP contribution in [0.1, 0.15) is 66.1 Å². The number of nitrogens with zero attached hydrogens (tertiary/aromatic N) is 3. The van der Waals surface area contributed by atoms with Crippen molar-refractivity contribution in [3.05, 3.63) is 86.5 Å². The van der Waals surface area contributed by atoms with E-state index in [0.717, 1.165) is 22.3 Å². The largest absolute Gasteiger partial charge is 0.478 e. The van der Waals surface area contributed by atoms with Crippen LogP contribution in [-0.2, 0) is 13.0 Å². The highest BCUT2D eigenvalue weighted by atomic mass is 32.1. The Hall–Kier alpha value is -4.05. The Labute approximate surface area is 198 Å². The molecule has 0 bridgehead atoms. The van der Waals surface area contributed by atoms with Crippen LogP contribution in [0.4, 0.5) is 0 Å². The minimum atomic E-state index is -0.963. The van der Waals surface area contributed by atoms with Gasteiger partial charge in [0.1, 0.15) is 11.4 Å². The summed E-state index contributed by atoms with van der Waals surface area (Å²) in [4.78, 5) is 41.8. The minimum Gasteiger partial charge on any atom is -0.478 e. The van der Waals surface area contributed by atoms with Gasteiger partial charge in [-0.15, -0.1) is 0 Å². The van der Waals surface area contributed by atoms with Gasteiger partial charge >= 0.3 is 5.97 Å². The fraction of sp³-hybridized carbons (Fsp3) is 0.208. The highest BCUT2D eigenvalue weighted by molar-refractivity contribution is 7.07. The Morgan fingerprint density at radius 3 is 2.82 bits per heavy atom. The molecule has 10 heteroatoms. The number of rotatable bonds is 6. The second-order valence-corrected chi connectivity index (χ2v) is 8.90. The Kier molecular flexibility index (Phi) is 5.58. The van der Waals surface area contributed by atoms with Gasteiger partial charge in [-0.3, -0.25) is 9.59 Å². The zero-order chi connectivity index (χ0) is 23.8. The Balaban J connectivity index is 1.40. The van der Waals surface area contributed by atoms with E-state index in [2.05, 4.69) is 20.7 Å². The lowest BCUT2D eigenvalue weighted by Crippen LogP contribution is -2.30. The fourth-order valence-corrected chi connectivity index (χ4v) is 5.02. The molecule has 1 aliphatic rings. The summed E-state index contributed by atoms with van der Waals surface area (Å²) in [6.45, 7) is 2.16. The van der Waals surface area contributed by atoms with E-state index >= 15 is 0 Å². The van der Waals surface area contributed by atoms with E-state index in [1.165, 1.54) is 16.8 Å². The summed E-state index contributed by atoms with van der Waals surface area (Å²) in [5.74, 6) is -1.73. The number of carboxylic acid groups (broad SMARTS) is 1. The molecule has 0 spiro atoms. The van der Waals surface area contributed by atoms with Gasteiger partial charge in [-0.1, -0.05) is 6.07 Å². The number of carboxylic acids is 1. The first-order chi connectivity index (χ1) is 16.4. The molecule has 4 aromatic rings. The molecule has 0 fully saturated rings. The van der Waals surface area contributed by atoms with Gasteiger partial charge in [0, 0.05) is 18.7 Å². The summed E-state index contributed by atoms with van der Waals surface area (Å²) >= 11 is 1.55. The van der Waals surface area contributed by atoms with Crippen molar-refractivity contribution in [2.45, 2.75) is 32.4 Å². The van der Waals surface area contributed by atoms with Crippen molar-refractivity contribution < 1.29 is 19.5 Å². The van der Waals surface area contributed by atoms with Crippen molar-refractivity contribution in [3.63, 3.8) is 0 Å². The van der Waals surface area contributed by atoms with Gasteiger partial charge in [-0.2, -0.15) is 16.4 Å². The molecular formula is C24H21N5O4S. The molecule has 172 valence electrons. The molecule has 3 heterocycles. The molecule has 1 atom stereocenters. The number of thiophene rings is 1. The van der Waals surface area contributed by atoms with Crippen LogP contribution in [0.3, 0.4) is 0 Å². The fourth-order valence-electron chi connectivity index (χ4n) is 4.35. The Morgan fingerprint density at radius 1 is 1.21 bits per heavy atom. The van der Waals surface area contributed by atoms with Gasteiger partial charge in [-0.25, -0.2) is 14.3 Å². The lowest BCUT2D eigenvalue weighted by Gasteiger charge is -2.16. The molecule has 0 unspecified atom stereocenters. The average molecular weight is 476 g/mol. The maximum absolute atomic E-state index is 13.3. The van der Waals surface area contributed by atoms with Crippen LogP contribution in [-0.4, -0.2) is 37.5 Å². The predicted octanol–water partition coefficient (Wildman–Crippen LogP) is 3.14. The maximum Gasteiger partial charge on any atom is 0.335 e. The monoisotopic (exact) mass is 475 g/mol. The number of nitrogens with one attached hydrogen (secondary N) is 2. The molecule has 3 aromatic heterocycles. The quantitative estimate of drug-likeness (QED) is 0.393. The number of hydrogen-bond acceptors (Lipinski definition) is 6. The summed E-state index contributed by atoms with van der Waals surface area (Å²) in [5.41, 5.74) is 4.57. The second-order valence-electron chi connectivity index (χ2n) is 8.12. The molecule has 34 heavy (non-hydrogen) atoms. The molecule has 0 saturated heterocycles. The number of benzene rings is 1. The van der Waals surface area contributed by atoms with Crippen molar-refractivity contribution in [1.82, 2.24) is 25.2 Å². The maximum atomic E-state index is 13.3. The van der Waals surface area contributed by atoms with E-state index in [-0.39, 0.29) is 34.8 Å². The number of carbonyl (C=O) groups excluding carboxylic acids is 2. The lowest BCUT2D eigenvalue weighted by atomic mass is 9.98. The molecule has 1 aliphatic carbocycles. The van der Waals surface area contributed by atoms with Crippen molar-refractivity contribution in [2.24, 2.45) is 0 Å². The lowest BCUT2D eigenvalue weighted by molar-refractivity contribution is 0.0695. The van der Waals surface area contributed by atoms with Gasteiger partial charge in [0.25, 0.3) is 11.8 Å². The molecule has 5 rings (SSSR count). The number of aromatic nitrogens is 3. The first kappa shape index (κ1) is 21.8. The molecule has 2 amide bonds. The molecule has 0 radical (unpaired) electrons. The summed E-state index contributed by atoms with van der Waals surface area (Å²) in [7, 11) is 0. The first-order valence-electron chi connectivity index (χ1n) is 10.7. The molecular weight excluding hydrogens is 454 g/mol. The Morgan fingerprint density at radius 2 is 2.06 bits per heavy atom. The van der Waals surface area contributed by atoms with E-state index in [1.54, 1.807) is 36.5 Å². The van der Waals surface area contributed by atoms with Crippen molar-refractivity contribution in [2.75, 3.05) is 0 Å². The van der Waals surface area contributed by atoms with Crippen molar-refractivity contribution >= 4 is 34.8 Å². The molecule has 3 N–H and O–H groups in total. The number of aromatic carboxylic acids is 1. The van der Waals surface area contributed by atoms with Gasteiger partial charge in [0.05, 0.1) is 17.8 Å². The van der Waals surface area contributed by atoms with Gasteiger partial charge in [0.15, 0.2) is 5.65 Å². The summed E-state index contributed by atoms with van der Waals surface area (Å²) in [6, 6.07) is 8.08. The minimum absolute atomic E-state index is 0.127. The van der Waals surface area contributed by atoms with E-state index in [0.29, 0.717) is 25.0 Å². The first-order valence-corrected chi connectivity index (χ1v) is 11.7. The van der Waals surface area contributed by atoms with E-state index in [9.17, 15) is 19.5 Å². The predicted molar refractivity (Wildman–Crippen MR) is 125 cm³/mol. The van der Waals surface area contributed by atoms with E-state index < -0.39 is 5.97 Å². The smallest absolute Gasteiger partial charge is 0.335 e. The molecule has 1 aromatic carbocycles. The van der Waals surface area contributed by atoms with E-state index in [4.69, 9.17) is 0 Å². The zero-order valence-electron chi connectivity index (χ0n) is 18.2. The summed E-state index contributed by atoms with van der Waals surface area (Å²) in [5, 5.41) is 23.3. The third kappa shape index (κ3) is 3.92. The average Bonchev–Trinajstić information content (AvgIpc) is 3.58. The van der Waals surface area contributed by atoms with Crippen LogP contribution >= 0.6 is 11.3 Å². The Bertz CT molecular complexity index is 1430. The van der Waals surface area contributed by atoms with Crippen molar-refractivity contribution in [3.8, 4) is 0 Å². The third-order valence-corrected chi connectivity index (χ3v) is 6.82. The van der Waals surface area contributed by atoms with E-state index in [1.807, 2.05) is 16.8 Å². The topological polar surface area (TPSA) is 126 Å². The number of carbonyl (C=O) groups is 3. The summed E-state index contributed by atoms with van der Waals surface area (Å²) < 4.78 is 1.40. The molecule has 0 saturated carbocycles. The van der Waals surface area contributed by atoms with Crippen LogP contribution in [0.5, 0.6) is 0 Å². The zero-order valence-corrected chi connectivity index (χ0v) is 19.1. The van der Waals surface area contributed by atoms with Crippen LogP contribution in [0.25, 0.3) is 5.65 Å². The van der Waals surface area contributed by atoms with Gasteiger partial charge < -0.3 is 15.7 Å². The molecule has 0 aliphatic heterocycles. The SMILES string of the molecule is Cc1c(C(=O)O)ccc2c1CC[C@@H]2NC(=O)c1cc(C(=O)NCc2ccsc2)nc2ccnn12. The molecule has 9 nitrogen and oxygen atoms in total. The van der Waals surface area contributed by atoms with Crippen LogP contribution < -0.4 is 10.6 Å². The van der Waals surface area contributed by atoms with Crippen molar-refractivity contribution in [1.29, 1.82) is 0 Å². The number of fused-ring (bicyclic) bond motifs is 2. The normalized spacial score (nSPS) is 14.7. The van der Waals surface area contributed by atoms with Gasteiger partial charge in [-0.05, 0) is 64.9 Å². The van der Waals surface area contributed by atoms with Crippen LogP contribution in [0, 0.1) is 6.92 Å².